The Kier molecular flexibility index (Phi) is 3.76. The molecule has 0 spiro atoms. The van der Waals surface area contributed by atoms with E-state index in [1.165, 1.54) is 29.5 Å². The molecule has 0 bridgehead atoms. The summed E-state index contributed by atoms with van der Waals surface area (Å²) in [4.78, 5) is 4.27. The molecular weight excluding hydrogens is 261 g/mol. The van der Waals surface area contributed by atoms with Gasteiger partial charge in [-0.25, -0.2) is 9.37 Å². The van der Waals surface area contributed by atoms with E-state index in [0.717, 1.165) is 10.7 Å². The number of aliphatic hydroxyl groups excluding tert-OH is 1. The summed E-state index contributed by atoms with van der Waals surface area (Å²) < 4.78 is 13.0. The topological polar surface area (TPSA) is 33.1 Å². The smallest absolute Gasteiger partial charge is 0.141 e. The summed E-state index contributed by atoms with van der Waals surface area (Å²) >= 11 is 7.20. The van der Waals surface area contributed by atoms with Crippen LogP contribution in [0.5, 0.6) is 0 Å². The Morgan fingerprint density at radius 2 is 2.29 bits per heavy atom. The SMILES string of the molecule is Cc1nc(CC(O)c2ccc(F)c(Cl)c2)cs1. The molecule has 17 heavy (non-hydrogen) atoms. The maximum atomic E-state index is 13.0. The number of hydrogen-bond donors (Lipinski definition) is 1. The second-order valence-electron chi connectivity index (χ2n) is 3.75. The van der Waals surface area contributed by atoms with E-state index in [-0.39, 0.29) is 5.02 Å². The predicted octanol–water partition coefficient (Wildman–Crippen LogP) is 3.52. The Balaban J connectivity index is 2.14. The summed E-state index contributed by atoms with van der Waals surface area (Å²) in [6, 6.07) is 4.24. The van der Waals surface area contributed by atoms with E-state index >= 15 is 0 Å². The molecule has 0 aliphatic carbocycles. The minimum atomic E-state index is -0.713. The summed E-state index contributed by atoms with van der Waals surface area (Å²) in [5.74, 6) is -0.480. The molecule has 1 heterocycles. The molecule has 0 aliphatic heterocycles. The van der Waals surface area contributed by atoms with Crippen LogP contribution in [0.4, 0.5) is 4.39 Å². The van der Waals surface area contributed by atoms with Crippen molar-refractivity contribution in [1.29, 1.82) is 0 Å². The molecule has 1 atom stereocenters. The molecule has 1 aromatic carbocycles. The van der Waals surface area contributed by atoms with Gasteiger partial charge in [0.25, 0.3) is 0 Å². The molecule has 0 fully saturated rings. The molecule has 5 heteroatoms. The number of hydrogen-bond acceptors (Lipinski definition) is 3. The van der Waals surface area contributed by atoms with Crippen LogP contribution in [-0.2, 0) is 6.42 Å². The third-order valence-electron chi connectivity index (χ3n) is 2.40. The molecule has 0 aliphatic rings. The lowest BCUT2D eigenvalue weighted by atomic mass is 10.1. The largest absolute Gasteiger partial charge is 0.388 e. The molecule has 2 aromatic rings. The van der Waals surface area contributed by atoms with E-state index in [1.807, 2.05) is 12.3 Å². The van der Waals surface area contributed by atoms with Crippen LogP contribution in [0.3, 0.4) is 0 Å². The van der Waals surface area contributed by atoms with Crippen molar-refractivity contribution in [2.45, 2.75) is 19.4 Å². The first-order chi connectivity index (χ1) is 8.06. The van der Waals surface area contributed by atoms with E-state index in [1.54, 1.807) is 0 Å². The molecule has 1 aromatic heterocycles. The lowest BCUT2D eigenvalue weighted by molar-refractivity contribution is 0.177. The Labute approximate surface area is 108 Å². The van der Waals surface area contributed by atoms with E-state index in [0.29, 0.717) is 12.0 Å². The highest BCUT2D eigenvalue weighted by Crippen LogP contribution is 2.23. The van der Waals surface area contributed by atoms with E-state index in [2.05, 4.69) is 4.98 Å². The van der Waals surface area contributed by atoms with Gasteiger partial charge in [0.1, 0.15) is 5.82 Å². The third kappa shape index (κ3) is 3.03. The van der Waals surface area contributed by atoms with Gasteiger partial charge in [0, 0.05) is 11.8 Å². The molecule has 0 amide bonds. The average Bonchev–Trinajstić information content (AvgIpc) is 2.68. The van der Waals surface area contributed by atoms with Crippen molar-refractivity contribution in [3.8, 4) is 0 Å². The lowest BCUT2D eigenvalue weighted by Crippen LogP contribution is -2.02. The van der Waals surface area contributed by atoms with Crippen molar-refractivity contribution in [2.24, 2.45) is 0 Å². The second-order valence-corrected chi connectivity index (χ2v) is 5.22. The maximum Gasteiger partial charge on any atom is 0.141 e. The fourth-order valence-electron chi connectivity index (χ4n) is 1.54. The number of halogens is 2. The van der Waals surface area contributed by atoms with Crippen LogP contribution in [0.1, 0.15) is 22.4 Å². The second kappa shape index (κ2) is 5.12. The average molecular weight is 272 g/mol. The Morgan fingerprint density at radius 1 is 1.53 bits per heavy atom. The summed E-state index contributed by atoms with van der Waals surface area (Å²) in [5.41, 5.74) is 1.43. The van der Waals surface area contributed by atoms with Gasteiger partial charge in [-0.1, -0.05) is 17.7 Å². The standard InChI is InChI=1S/C12H11ClFNOS/c1-7-15-9(6-17-7)5-12(16)8-2-3-11(14)10(13)4-8/h2-4,6,12,16H,5H2,1H3. The van der Waals surface area contributed by atoms with Gasteiger partial charge < -0.3 is 5.11 Å². The number of aromatic nitrogens is 1. The molecule has 0 radical (unpaired) electrons. The number of nitrogens with zero attached hydrogens (tertiary/aromatic N) is 1. The molecule has 0 saturated carbocycles. The van der Waals surface area contributed by atoms with Crippen molar-refractivity contribution in [2.75, 3.05) is 0 Å². The number of rotatable bonds is 3. The maximum absolute atomic E-state index is 13.0. The monoisotopic (exact) mass is 271 g/mol. The lowest BCUT2D eigenvalue weighted by Gasteiger charge is -2.09. The predicted molar refractivity (Wildman–Crippen MR) is 66.9 cm³/mol. The van der Waals surface area contributed by atoms with Crippen LogP contribution in [0.15, 0.2) is 23.6 Å². The van der Waals surface area contributed by atoms with Crippen LogP contribution in [0.25, 0.3) is 0 Å². The molecule has 1 N–H and O–H groups in total. The Hall–Kier alpha value is -0.970. The first-order valence-corrected chi connectivity index (χ1v) is 6.36. The zero-order valence-electron chi connectivity index (χ0n) is 9.15. The van der Waals surface area contributed by atoms with Crippen molar-refractivity contribution in [1.82, 2.24) is 4.98 Å². The molecule has 90 valence electrons. The number of benzene rings is 1. The molecule has 2 nitrogen and oxygen atoms in total. The van der Waals surface area contributed by atoms with Gasteiger partial charge in [-0.05, 0) is 24.6 Å². The van der Waals surface area contributed by atoms with Gasteiger partial charge in [0.05, 0.1) is 21.8 Å². The van der Waals surface area contributed by atoms with Crippen LogP contribution in [0.2, 0.25) is 5.02 Å². The fraction of sp³-hybridized carbons (Fsp3) is 0.250. The molecule has 0 saturated heterocycles. The van der Waals surface area contributed by atoms with Gasteiger partial charge in [-0.3, -0.25) is 0 Å². The van der Waals surface area contributed by atoms with Crippen molar-refractivity contribution in [3.63, 3.8) is 0 Å². The summed E-state index contributed by atoms with van der Waals surface area (Å²) in [7, 11) is 0. The Morgan fingerprint density at radius 3 is 2.88 bits per heavy atom. The van der Waals surface area contributed by atoms with Crippen LogP contribution < -0.4 is 0 Å². The minimum Gasteiger partial charge on any atom is -0.388 e. The number of thiazole rings is 1. The van der Waals surface area contributed by atoms with E-state index in [4.69, 9.17) is 11.6 Å². The van der Waals surface area contributed by atoms with Crippen LogP contribution in [-0.4, -0.2) is 10.1 Å². The molecular formula is C12H11ClFNOS. The molecule has 1 unspecified atom stereocenters. The highest BCUT2D eigenvalue weighted by atomic mass is 35.5. The van der Waals surface area contributed by atoms with Gasteiger partial charge in [-0.15, -0.1) is 11.3 Å². The third-order valence-corrected chi connectivity index (χ3v) is 3.51. The van der Waals surface area contributed by atoms with Crippen molar-refractivity contribution < 1.29 is 9.50 Å². The van der Waals surface area contributed by atoms with Gasteiger partial charge in [0.15, 0.2) is 0 Å². The van der Waals surface area contributed by atoms with E-state index in [9.17, 15) is 9.50 Å². The first kappa shape index (κ1) is 12.5. The summed E-state index contributed by atoms with van der Waals surface area (Å²) in [6.07, 6.45) is -0.304. The summed E-state index contributed by atoms with van der Waals surface area (Å²) in [6.45, 7) is 1.91. The van der Waals surface area contributed by atoms with Crippen molar-refractivity contribution >= 4 is 22.9 Å². The summed E-state index contributed by atoms with van der Waals surface area (Å²) in [5, 5.41) is 12.9. The van der Waals surface area contributed by atoms with Gasteiger partial charge in [0.2, 0.25) is 0 Å². The Bertz CT molecular complexity index is 529. The molecule has 2 rings (SSSR count). The highest BCUT2D eigenvalue weighted by Gasteiger charge is 2.12. The normalized spacial score (nSPS) is 12.7. The van der Waals surface area contributed by atoms with Crippen LogP contribution in [0, 0.1) is 12.7 Å². The van der Waals surface area contributed by atoms with Gasteiger partial charge in [-0.2, -0.15) is 0 Å². The highest BCUT2D eigenvalue weighted by molar-refractivity contribution is 7.09. The number of aliphatic hydroxyl groups is 1. The first-order valence-electron chi connectivity index (χ1n) is 5.10. The number of aryl methyl sites for hydroxylation is 1. The van der Waals surface area contributed by atoms with Gasteiger partial charge >= 0.3 is 0 Å². The fourth-order valence-corrected chi connectivity index (χ4v) is 2.35. The van der Waals surface area contributed by atoms with E-state index < -0.39 is 11.9 Å². The van der Waals surface area contributed by atoms with Crippen LogP contribution >= 0.6 is 22.9 Å². The van der Waals surface area contributed by atoms with Crippen molar-refractivity contribution in [3.05, 3.63) is 50.7 Å². The zero-order valence-corrected chi connectivity index (χ0v) is 10.7. The minimum absolute atomic E-state index is 0.0241. The quantitative estimate of drug-likeness (QED) is 0.927. The zero-order chi connectivity index (χ0) is 12.4.